The maximum absolute atomic E-state index is 12.7. The predicted molar refractivity (Wildman–Crippen MR) is 151 cm³/mol. The lowest BCUT2D eigenvalue weighted by Crippen LogP contribution is -2.18. The lowest BCUT2D eigenvalue weighted by atomic mass is 9.78. The van der Waals surface area contributed by atoms with Crippen molar-refractivity contribution in [1.29, 1.82) is 5.41 Å². The van der Waals surface area contributed by atoms with Crippen LogP contribution in [0.15, 0.2) is 103 Å². The lowest BCUT2D eigenvalue weighted by molar-refractivity contribution is -0.135. The first-order chi connectivity index (χ1) is 18.8. The molecule has 6 nitrogen and oxygen atoms in total. The smallest absolute Gasteiger partial charge is 0.356 e. The molecule has 0 atom stereocenters. The van der Waals surface area contributed by atoms with Crippen LogP contribution < -0.4 is 9.47 Å². The van der Waals surface area contributed by atoms with E-state index in [0.717, 1.165) is 11.3 Å². The molecule has 198 valence electrons. The van der Waals surface area contributed by atoms with Crippen LogP contribution >= 0.6 is 0 Å². The zero-order valence-corrected chi connectivity index (χ0v) is 22.3. The summed E-state index contributed by atoms with van der Waals surface area (Å²) in [6.45, 7) is 6.57. The van der Waals surface area contributed by atoms with Gasteiger partial charge in [-0.3, -0.25) is 5.41 Å². The normalized spacial score (nSPS) is 10.9. The number of esters is 2. The first-order valence-electron chi connectivity index (χ1n) is 12.7. The van der Waals surface area contributed by atoms with Gasteiger partial charge in [0, 0.05) is 11.0 Å². The molecule has 0 saturated heterocycles. The van der Waals surface area contributed by atoms with Gasteiger partial charge in [0.25, 0.3) is 0 Å². The fourth-order valence-corrected chi connectivity index (χ4v) is 4.12. The van der Waals surface area contributed by atoms with Gasteiger partial charge in [-0.15, -0.1) is 0 Å². The minimum absolute atomic E-state index is 0.128. The molecule has 39 heavy (non-hydrogen) atoms. The first kappa shape index (κ1) is 27.3. The highest BCUT2D eigenvalue weighted by molar-refractivity contribution is 6.41. The topological polar surface area (TPSA) is 85.7 Å². The SMILES string of the molecule is CCOC(=O)C(=N)c1ccc(OC(=O)c2cccc(COc3ccc(C(C)(C)c4ccccc4)cc3)c2)cc1. The molecule has 0 amide bonds. The second kappa shape index (κ2) is 12.2. The molecule has 0 spiro atoms. The second-order valence-corrected chi connectivity index (χ2v) is 9.51. The number of carbonyl (C=O) groups excluding carboxylic acids is 2. The maximum atomic E-state index is 12.7. The van der Waals surface area contributed by atoms with Crippen molar-refractivity contribution >= 4 is 17.7 Å². The van der Waals surface area contributed by atoms with Gasteiger partial charge >= 0.3 is 11.9 Å². The Morgan fingerprint density at radius 1 is 0.744 bits per heavy atom. The molecule has 0 saturated carbocycles. The number of benzene rings is 4. The van der Waals surface area contributed by atoms with Crippen molar-refractivity contribution < 1.29 is 23.8 Å². The van der Waals surface area contributed by atoms with Crippen LogP contribution in [-0.2, 0) is 21.6 Å². The molecule has 0 heterocycles. The fraction of sp³-hybridized carbons (Fsp3) is 0.182. The minimum Gasteiger partial charge on any atom is -0.489 e. The van der Waals surface area contributed by atoms with Gasteiger partial charge in [-0.05, 0) is 72.1 Å². The van der Waals surface area contributed by atoms with E-state index in [1.807, 2.05) is 24.3 Å². The van der Waals surface area contributed by atoms with Crippen LogP contribution in [-0.4, -0.2) is 24.3 Å². The van der Waals surface area contributed by atoms with E-state index in [-0.39, 0.29) is 17.7 Å². The molecule has 0 aromatic heterocycles. The van der Waals surface area contributed by atoms with E-state index in [1.54, 1.807) is 37.3 Å². The molecule has 1 N–H and O–H groups in total. The molecule has 0 aliphatic heterocycles. The van der Waals surface area contributed by atoms with Crippen LogP contribution in [0.1, 0.15) is 53.4 Å². The Labute approximate surface area is 228 Å². The first-order valence-corrected chi connectivity index (χ1v) is 12.7. The van der Waals surface area contributed by atoms with Gasteiger partial charge in [0.1, 0.15) is 23.8 Å². The molecule has 4 aromatic carbocycles. The van der Waals surface area contributed by atoms with Gasteiger partial charge in [0.05, 0.1) is 12.2 Å². The molecule has 0 unspecified atom stereocenters. The standard InChI is InChI=1S/C33H31NO5/c1-4-37-32(36)30(34)24-13-17-29(18-14-24)39-31(35)25-10-8-9-23(21-25)22-38-28-19-15-27(16-20-28)33(2,3)26-11-6-5-7-12-26/h5-21,34H,4,22H2,1-3H3. The third-order valence-corrected chi connectivity index (χ3v) is 6.47. The zero-order chi connectivity index (χ0) is 27.8. The summed E-state index contributed by atoms with van der Waals surface area (Å²) in [5.74, 6) is -0.171. The third-order valence-electron chi connectivity index (χ3n) is 6.47. The zero-order valence-electron chi connectivity index (χ0n) is 22.3. The van der Waals surface area contributed by atoms with Crippen LogP contribution in [0.2, 0.25) is 0 Å². The monoisotopic (exact) mass is 521 g/mol. The van der Waals surface area contributed by atoms with Crippen molar-refractivity contribution in [3.8, 4) is 11.5 Å². The summed E-state index contributed by atoms with van der Waals surface area (Å²) < 4.78 is 16.3. The van der Waals surface area contributed by atoms with Crippen LogP contribution in [0, 0.1) is 5.41 Å². The Kier molecular flexibility index (Phi) is 8.56. The quantitative estimate of drug-likeness (QED) is 0.142. The van der Waals surface area contributed by atoms with Gasteiger partial charge in [0.15, 0.2) is 0 Å². The number of hydrogen-bond donors (Lipinski definition) is 1. The molecule has 0 aliphatic rings. The molecule has 4 aromatic rings. The average molecular weight is 522 g/mol. The van der Waals surface area contributed by atoms with E-state index in [9.17, 15) is 9.59 Å². The van der Waals surface area contributed by atoms with Crippen molar-refractivity contribution in [2.24, 2.45) is 0 Å². The average Bonchev–Trinajstić information content (AvgIpc) is 2.97. The van der Waals surface area contributed by atoms with Crippen LogP contribution in [0.4, 0.5) is 0 Å². The summed E-state index contributed by atoms with van der Waals surface area (Å²) in [7, 11) is 0. The van der Waals surface area contributed by atoms with Gasteiger partial charge < -0.3 is 14.2 Å². The van der Waals surface area contributed by atoms with Gasteiger partial charge in [-0.2, -0.15) is 0 Å². The summed E-state index contributed by atoms with van der Waals surface area (Å²) in [6, 6.07) is 31.7. The van der Waals surface area contributed by atoms with Crippen molar-refractivity contribution in [2.75, 3.05) is 6.61 Å². The second-order valence-electron chi connectivity index (χ2n) is 9.51. The van der Waals surface area contributed by atoms with E-state index < -0.39 is 11.9 Å². The van der Waals surface area contributed by atoms with E-state index in [0.29, 0.717) is 23.5 Å². The largest absolute Gasteiger partial charge is 0.489 e. The Balaban J connectivity index is 1.35. The molecule has 6 heteroatoms. The van der Waals surface area contributed by atoms with Crippen molar-refractivity contribution in [3.05, 3.63) is 131 Å². The predicted octanol–water partition coefficient (Wildman–Crippen LogP) is 6.74. The molecule has 0 aliphatic carbocycles. The highest BCUT2D eigenvalue weighted by Gasteiger charge is 2.22. The Bertz CT molecular complexity index is 1440. The number of hydrogen-bond acceptors (Lipinski definition) is 6. The number of carbonyl (C=O) groups is 2. The number of nitrogens with one attached hydrogen (secondary N) is 1. The van der Waals surface area contributed by atoms with E-state index in [1.165, 1.54) is 23.3 Å². The Hall–Kier alpha value is -4.71. The van der Waals surface area contributed by atoms with Crippen LogP contribution in [0.3, 0.4) is 0 Å². The molecule has 0 bridgehead atoms. The molecule has 0 fully saturated rings. The molecular formula is C33H31NO5. The molecule has 0 radical (unpaired) electrons. The van der Waals surface area contributed by atoms with Crippen LogP contribution in [0.25, 0.3) is 0 Å². The summed E-state index contributed by atoms with van der Waals surface area (Å²) in [5, 5.41) is 7.89. The fourth-order valence-electron chi connectivity index (χ4n) is 4.12. The van der Waals surface area contributed by atoms with Crippen molar-refractivity contribution in [2.45, 2.75) is 32.8 Å². The molecular weight excluding hydrogens is 490 g/mol. The van der Waals surface area contributed by atoms with Gasteiger partial charge in [-0.1, -0.05) is 68.4 Å². The maximum Gasteiger partial charge on any atom is 0.356 e. The van der Waals surface area contributed by atoms with Crippen molar-refractivity contribution in [1.82, 2.24) is 0 Å². The highest BCUT2D eigenvalue weighted by Crippen LogP contribution is 2.32. The van der Waals surface area contributed by atoms with Crippen molar-refractivity contribution in [3.63, 3.8) is 0 Å². The van der Waals surface area contributed by atoms with E-state index in [4.69, 9.17) is 19.6 Å². The summed E-state index contributed by atoms with van der Waals surface area (Å²) in [6.07, 6.45) is 0. The van der Waals surface area contributed by atoms with Crippen LogP contribution in [0.5, 0.6) is 11.5 Å². The lowest BCUT2D eigenvalue weighted by Gasteiger charge is -2.26. The summed E-state index contributed by atoms with van der Waals surface area (Å²) in [5.41, 5.74) is 3.65. The van der Waals surface area contributed by atoms with E-state index >= 15 is 0 Å². The van der Waals surface area contributed by atoms with Gasteiger partial charge in [-0.25, -0.2) is 9.59 Å². The number of ether oxygens (including phenoxy) is 3. The summed E-state index contributed by atoms with van der Waals surface area (Å²) >= 11 is 0. The Morgan fingerprint density at radius 2 is 1.38 bits per heavy atom. The summed E-state index contributed by atoms with van der Waals surface area (Å²) in [4.78, 5) is 24.5. The third kappa shape index (κ3) is 6.79. The number of rotatable bonds is 10. The molecule has 4 rings (SSSR count). The Morgan fingerprint density at radius 3 is 2.05 bits per heavy atom. The van der Waals surface area contributed by atoms with Gasteiger partial charge in [0.2, 0.25) is 0 Å². The minimum atomic E-state index is -0.701. The highest BCUT2D eigenvalue weighted by atomic mass is 16.5. The van der Waals surface area contributed by atoms with E-state index in [2.05, 4.69) is 50.2 Å².